The molecule has 2 unspecified atom stereocenters. The number of hydrogen-bond acceptors (Lipinski definition) is 1. The van der Waals surface area contributed by atoms with Crippen LogP contribution in [0.5, 0.6) is 0 Å². The quantitative estimate of drug-likeness (QED) is 0.614. The second kappa shape index (κ2) is 2.77. The van der Waals surface area contributed by atoms with Crippen LogP contribution in [0, 0.1) is 11.8 Å². The van der Waals surface area contributed by atoms with Gasteiger partial charge in [0.15, 0.2) is 0 Å². The van der Waals surface area contributed by atoms with E-state index in [2.05, 4.69) is 6.58 Å². The third-order valence-electron chi connectivity index (χ3n) is 2.94. The van der Waals surface area contributed by atoms with Crippen molar-refractivity contribution in [1.82, 2.24) is 4.90 Å². The maximum atomic E-state index is 12.1. The van der Waals surface area contributed by atoms with E-state index in [0.717, 1.165) is 13.1 Å². The van der Waals surface area contributed by atoms with Gasteiger partial charge in [0.05, 0.1) is 0 Å². The first-order valence-corrected chi connectivity index (χ1v) is 4.57. The van der Waals surface area contributed by atoms with Gasteiger partial charge in [-0.3, -0.25) is 0 Å². The molecule has 0 spiro atoms. The van der Waals surface area contributed by atoms with Crippen LogP contribution in [0.1, 0.15) is 6.42 Å². The zero-order chi connectivity index (χ0) is 9.64. The second-order valence-corrected chi connectivity index (χ2v) is 4.18. The van der Waals surface area contributed by atoms with Crippen LogP contribution in [0.2, 0.25) is 0 Å². The minimum atomic E-state index is -4.83. The van der Waals surface area contributed by atoms with Gasteiger partial charge in [-0.1, -0.05) is 0 Å². The average molecular weight is 190 g/mol. The molecule has 13 heavy (non-hydrogen) atoms. The Bertz CT molecular complexity index is 228. The van der Waals surface area contributed by atoms with E-state index in [9.17, 15) is 12.9 Å². The van der Waals surface area contributed by atoms with Gasteiger partial charge < -0.3 is 17.8 Å². The Hall–Kier alpha value is -0.445. The summed E-state index contributed by atoms with van der Waals surface area (Å²) in [6.45, 7) is -0.0247. The molecule has 0 aromatic carbocycles. The maximum Gasteiger partial charge on any atom is 0.506 e. The lowest BCUT2D eigenvalue weighted by atomic mass is 9.80. The zero-order valence-corrected chi connectivity index (χ0v) is 7.35. The van der Waals surface area contributed by atoms with Gasteiger partial charge in [-0.15, -0.1) is 12.1 Å². The van der Waals surface area contributed by atoms with Gasteiger partial charge in [0.1, 0.15) is 0 Å². The molecule has 2 aliphatic rings. The molecule has 1 aliphatic carbocycles. The first-order valence-electron chi connectivity index (χ1n) is 4.57. The van der Waals surface area contributed by atoms with Gasteiger partial charge in [-0.25, -0.2) is 0 Å². The molecule has 0 amide bonds. The molecule has 1 aliphatic heterocycles. The van der Waals surface area contributed by atoms with Crippen LogP contribution in [0.25, 0.3) is 0 Å². The Morgan fingerprint density at radius 1 is 1.31 bits per heavy atom. The lowest BCUT2D eigenvalue weighted by molar-refractivity contribution is 0.327. The van der Waals surface area contributed by atoms with E-state index >= 15 is 0 Å². The van der Waals surface area contributed by atoms with Gasteiger partial charge in [0.2, 0.25) is 0 Å². The average Bonchev–Trinajstić information content (AvgIpc) is 2.57. The van der Waals surface area contributed by atoms with E-state index < -0.39 is 12.4 Å². The molecule has 2 rings (SSSR count). The Morgan fingerprint density at radius 3 is 2.31 bits per heavy atom. The van der Waals surface area contributed by atoms with Crippen molar-refractivity contribution in [2.75, 3.05) is 19.6 Å². The molecule has 2 atom stereocenters. The summed E-state index contributed by atoms with van der Waals surface area (Å²) in [5.41, 5.74) is -0.554. The van der Waals surface area contributed by atoms with E-state index in [1.165, 1.54) is 6.42 Å². The van der Waals surface area contributed by atoms with Crippen LogP contribution in [0.4, 0.5) is 12.9 Å². The highest BCUT2D eigenvalue weighted by atomic mass is 19.4. The summed E-state index contributed by atoms with van der Waals surface area (Å²) in [7, 11) is 0. The normalized spacial score (nSPS) is 33.2. The molecule has 0 N–H and O–H groups in total. The van der Waals surface area contributed by atoms with Gasteiger partial charge >= 0.3 is 6.98 Å². The van der Waals surface area contributed by atoms with Crippen LogP contribution >= 0.6 is 0 Å². The number of halogens is 3. The van der Waals surface area contributed by atoms with Crippen molar-refractivity contribution < 1.29 is 12.9 Å². The third-order valence-corrected chi connectivity index (χ3v) is 2.94. The highest BCUT2D eigenvalue weighted by Gasteiger charge is 2.45. The van der Waals surface area contributed by atoms with Crippen molar-refractivity contribution in [3.63, 3.8) is 0 Å². The van der Waals surface area contributed by atoms with E-state index in [0.29, 0.717) is 11.8 Å². The monoisotopic (exact) mass is 190 g/mol. The SMILES string of the molecule is C=C(CN1CC2CC2C1)[B-](F)(F)F. The smallest absolute Gasteiger partial charge is 0.445 e. The van der Waals surface area contributed by atoms with Crippen molar-refractivity contribution in [3.8, 4) is 0 Å². The first-order chi connectivity index (χ1) is 5.97. The van der Waals surface area contributed by atoms with E-state index in [1.54, 1.807) is 0 Å². The molecule has 2 fully saturated rings. The number of rotatable bonds is 3. The number of piperidine rings is 1. The third kappa shape index (κ3) is 1.90. The molecule has 1 nitrogen and oxygen atoms in total. The van der Waals surface area contributed by atoms with E-state index in [-0.39, 0.29) is 6.54 Å². The Kier molecular flexibility index (Phi) is 1.94. The molecular formula is C8H12BF3N-. The predicted molar refractivity (Wildman–Crippen MR) is 46.3 cm³/mol. The molecule has 74 valence electrons. The lowest BCUT2D eigenvalue weighted by Gasteiger charge is -2.24. The van der Waals surface area contributed by atoms with E-state index in [1.807, 2.05) is 4.90 Å². The van der Waals surface area contributed by atoms with E-state index in [4.69, 9.17) is 0 Å². The summed E-state index contributed by atoms with van der Waals surface area (Å²) in [5.74, 6) is 1.38. The molecule has 0 bridgehead atoms. The Morgan fingerprint density at radius 2 is 1.85 bits per heavy atom. The van der Waals surface area contributed by atoms with Crippen LogP contribution in [-0.2, 0) is 0 Å². The summed E-state index contributed by atoms with van der Waals surface area (Å²) in [6, 6.07) is 0. The number of likely N-dealkylation sites (tertiary alicyclic amines) is 1. The molecule has 5 heteroatoms. The van der Waals surface area contributed by atoms with Gasteiger partial charge in [-0.05, 0) is 24.8 Å². The number of nitrogens with zero attached hydrogens (tertiary/aromatic N) is 1. The highest BCUT2D eigenvalue weighted by molar-refractivity contribution is 6.66. The fraction of sp³-hybridized carbons (Fsp3) is 0.750. The number of hydrogen-bond donors (Lipinski definition) is 0. The van der Waals surface area contributed by atoms with Gasteiger partial charge in [0, 0.05) is 13.1 Å². The van der Waals surface area contributed by atoms with Gasteiger partial charge in [-0.2, -0.15) is 0 Å². The molecule has 0 aromatic rings. The summed E-state index contributed by atoms with van der Waals surface area (Å²) in [5, 5.41) is 0. The second-order valence-electron chi connectivity index (χ2n) is 4.18. The predicted octanol–water partition coefficient (Wildman–Crippen LogP) is 1.88. The van der Waals surface area contributed by atoms with Crippen LogP contribution < -0.4 is 0 Å². The van der Waals surface area contributed by atoms with Crippen LogP contribution in [0.15, 0.2) is 12.1 Å². The Balaban J connectivity index is 1.81. The maximum absolute atomic E-state index is 12.1. The summed E-state index contributed by atoms with van der Waals surface area (Å²) in [4.78, 5) is 1.87. The highest BCUT2D eigenvalue weighted by Crippen LogP contribution is 2.45. The fourth-order valence-electron chi connectivity index (χ4n) is 2.02. The van der Waals surface area contributed by atoms with Crippen molar-refractivity contribution in [2.24, 2.45) is 11.8 Å². The standard InChI is InChI=1S/C8H12BF3N/c1-6(9(10,11)12)3-13-4-7-2-8(7)5-13/h7-8H,1-5H2/q-1. The largest absolute Gasteiger partial charge is 0.506 e. The van der Waals surface area contributed by atoms with Crippen molar-refractivity contribution >= 4 is 6.98 Å². The number of fused-ring (bicyclic) bond motifs is 1. The fourth-order valence-corrected chi connectivity index (χ4v) is 2.02. The van der Waals surface area contributed by atoms with Crippen LogP contribution in [-0.4, -0.2) is 31.5 Å². The topological polar surface area (TPSA) is 3.24 Å². The summed E-state index contributed by atoms with van der Waals surface area (Å²) >= 11 is 0. The molecular weight excluding hydrogens is 178 g/mol. The first kappa shape index (κ1) is 9.12. The molecule has 0 radical (unpaired) electrons. The lowest BCUT2D eigenvalue weighted by Crippen LogP contribution is -2.32. The van der Waals surface area contributed by atoms with Crippen molar-refractivity contribution in [3.05, 3.63) is 12.1 Å². The van der Waals surface area contributed by atoms with Crippen molar-refractivity contribution in [1.29, 1.82) is 0 Å². The summed E-state index contributed by atoms with van der Waals surface area (Å²) in [6.07, 6.45) is 1.22. The molecule has 1 heterocycles. The molecule has 1 saturated heterocycles. The van der Waals surface area contributed by atoms with Crippen molar-refractivity contribution in [2.45, 2.75) is 6.42 Å². The Labute approximate surface area is 75.7 Å². The van der Waals surface area contributed by atoms with Gasteiger partial charge in [0.25, 0.3) is 0 Å². The van der Waals surface area contributed by atoms with Crippen LogP contribution in [0.3, 0.4) is 0 Å². The zero-order valence-electron chi connectivity index (χ0n) is 7.35. The molecule has 0 aromatic heterocycles. The summed E-state index contributed by atoms with van der Waals surface area (Å²) < 4.78 is 36.4. The minimum Gasteiger partial charge on any atom is -0.445 e. The molecule has 1 saturated carbocycles. The minimum absolute atomic E-state index is 0.0243.